The van der Waals surface area contributed by atoms with E-state index in [4.69, 9.17) is 18.9 Å². The average molecular weight is 509 g/mol. The van der Waals surface area contributed by atoms with Crippen LogP contribution in [0.1, 0.15) is 67.2 Å². The van der Waals surface area contributed by atoms with E-state index < -0.39 is 58.3 Å². The Morgan fingerprint density at radius 3 is 2.53 bits per heavy atom. The molecule has 9 nitrogen and oxygen atoms in total. The van der Waals surface area contributed by atoms with Gasteiger partial charge in [-0.15, -0.1) is 6.58 Å². The van der Waals surface area contributed by atoms with Gasteiger partial charge in [-0.3, -0.25) is 9.69 Å². The lowest BCUT2D eigenvalue weighted by Gasteiger charge is -2.74. The Labute approximate surface area is 214 Å². The first kappa shape index (κ1) is 27.5. The predicted molar refractivity (Wildman–Crippen MR) is 133 cm³/mol. The fourth-order valence-electron chi connectivity index (χ4n) is 7.82. The molecule has 2 aliphatic heterocycles. The van der Waals surface area contributed by atoms with Crippen LogP contribution in [0.3, 0.4) is 0 Å². The van der Waals surface area contributed by atoms with Crippen LogP contribution < -0.4 is 5.32 Å². The van der Waals surface area contributed by atoms with Crippen LogP contribution in [0.25, 0.3) is 0 Å². The van der Waals surface area contributed by atoms with Gasteiger partial charge in [-0.05, 0) is 52.6 Å². The molecule has 0 radical (unpaired) electrons. The number of hydrogen-bond donors (Lipinski definition) is 2. The van der Waals surface area contributed by atoms with Crippen molar-refractivity contribution in [3.63, 3.8) is 0 Å². The molecule has 1 spiro atoms. The van der Waals surface area contributed by atoms with Gasteiger partial charge in [0.15, 0.2) is 11.4 Å². The van der Waals surface area contributed by atoms with Crippen LogP contribution in [0.15, 0.2) is 12.7 Å². The fourth-order valence-corrected chi connectivity index (χ4v) is 7.82. The van der Waals surface area contributed by atoms with Gasteiger partial charge < -0.3 is 29.4 Å². The van der Waals surface area contributed by atoms with Gasteiger partial charge in [-0.1, -0.05) is 33.8 Å². The topological polar surface area (TPSA) is 107 Å². The second kappa shape index (κ2) is 8.76. The summed E-state index contributed by atoms with van der Waals surface area (Å²) in [5.41, 5.74) is -5.46. The number of aliphatic hydroxyl groups excluding tert-OH is 1. The van der Waals surface area contributed by atoms with E-state index in [0.717, 1.165) is 12.8 Å². The summed E-state index contributed by atoms with van der Waals surface area (Å²) < 4.78 is 25.9. The smallest absolute Gasteiger partial charge is 0.407 e. The Morgan fingerprint density at radius 2 is 1.94 bits per heavy atom. The highest BCUT2D eigenvalue weighted by atomic mass is 16.7. The number of rotatable bonds is 5. The van der Waals surface area contributed by atoms with Crippen LogP contribution in [0.5, 0.6) is 0 Å². The summed E-state index contributed by atoms with van der Waals surface area (Å²) in [5, 5.41) is 14.9. The predicted octanol–water partition coefficient (Wildman–Crippen LogP) is 3.00. The van der Waals surface area contributed by atoms with Crippen molar-refractivity contribution in [2.75, 3.05) is 20.6 Å². The summed E-state index contributed by atoms with van der Waals surface area (Å²) >= 11 is 0. The fraction of sp³-hybridized carbons (Fsp3) is 0.852. The van der Waals surface area contributed by atoms with E-state index in [1.165, 1.54) is 0 Å². The summed E-state index contributed by atoms with van der Waals surface area (Å²) in [6.45, 7) is 16.0. The van der Waals surface area contributed by atoms with E-state index in [0.29, 0.717) is 13.0 Å². The van der Waals surface area contributed by atoms with Gasteiger partial charge in [0.05, 0.1) is 11.7 Å². The molecule has 4 fully saturated rings. The van der Waals surface area contributed by atoms with Gasteiger partial charge in [0.2, 0.25) is 6.41 Å². The van der Waals surface area contributed by atoms with Crippen molar-refractivity contribution in [3.8, 4) is 0 Å². The lowest BCUT2D eigenvalue weighted by molar-refractivity contribution is -0.456. The van der Waals surface area contributed by atoms with E-state index in [2.05, 4.69) is 25.7 Å². The molecule has 2 heterocycles. The minimum atomic E-state index is -1.55. The third-order valence-corrected chi connectivity index (χ3v) is 9.39. The van der Waals surface area contributed by atoms with Crippen molar-refractivity contribution in [3.05, 3.63) is 12.7 Å². The number of alkyl carbamates (subject to hydrolysis) is 1. The Morgan fingerprint density at radius 1 is 1.28 bits per heavy atom. The standard InChI is InChI=1S/C27H44N2O7/c1-10-14-28-21(32)34-18-19-23(3,4)13-12-17-25(19,6)27(35-22(33-17)29(8)9)16(30)15-24(5,11-2)36-26(27,7)20(18)31/h11,17-20,22,31H,2,10,12-15H2,1,3-9H3,(H,28,32)/t17-,18-,19-,20-,22?,24-,25-,26+,27-/m0/s1. The molecule has 0 aromatic rings. The number of nitrogens with one attached hydrogen (secondary N) is 1. The number of aliphatic hydroxyl groups is 1. The third-order valence-electron chi connectivity index (χ3n) is 9.39. The van der Waals surface area contributed by atoms with Crippen molar-refractivity contribution >= 4 is 11.9 Å². The third kappa shape index (κ3) is 3.53. The summed E-state index contributed by atoms with van der Waals surface area (Å²) in [7, 11) is 3.66. The van der Waals surface area contributed by atoms with Gasteiger partial charge in [0.1, 0.15) is 17.8 Å². The molecule has 4 aliphatic rings. The van der Waals surface area contributed by atoms with Crippen LogP contribution in [0.4, 0.5) is 4.79 Å². The number of amides is 1. The molecule has 2 N–H and O–H groups in total. The van der Waals surface area contributed by atoms with Gasteiger partial charge in [-0.25, -0.2) is 4.79 Å². The Balaban J connectivity index is 1.96. The summed E-state index contributed by atoms with van der Waals surface area (Å²) in [5.74, 6) is -0.597. The average Bonchev–Trinajstić information content (AvgIpc) is 2.78. The number of ether oxygens (including phenoxy) is 4. The Hall–Kier alpha value is -1.52. The highest BCUT2D eigenvalue weighted by Crippen LogP contribution is 2.70. The molecule has 204 valence electrons. The van der Waals surface area contributed by atoms with Crippen LogP contribution in [0.2, 0.25) is 0 Å². The first-order chi connectivity index (χ1) is 16.6. The highest BCUT2D eigenvalue weighted by molar-refractivity contribution is 5.93. The molecule has 2 saturated heterocycles. The van der Waals surface area contributed by atoms with Crippen LogP contribution in [0, 0.1) is 16.7 Å². The molecule has 36 heavy (non-hydrogen) atoms. The number of nitrogens with zero attached hydrogens (tertiary/aromatic N) is 1. The van der Waals surface area contributed by atoms with E-state index in [1.807, 2.05) is 27.9 Å². The molecule has 0 aromatic heterocycles. The van der Waals surface area contributed by atoms with Crippen molar-refractivity contribution in [1.82, 2.24) is 10.2 Å². The largest absolute Gasteiger partial charge is 0.443 e. The number of carbonyl (C=O) groups is 2. The quantitative estimate of drug-likeness (QED) is 0.546. The van der Waals surface area contributed by atoms with Crippen LogP contribution in [-0.4, -0.2) is 84.1 Å². The number of hydrogen-bond acceptors (Lipinski definition) is 8. The van der Waals surface area contributed by atoms with E-state index >= 15 is 0 Å². The molecule has 2 aliphatic carbocycles. The molecule has 9 atom stereocenters. The second-order valence-electron chi connectivity index (χ2n) is 12.5. The molecule has 1 amide bonds. The maximum Gasteiger partial charge on any atom is 0.407 e. The van der Waals surface area contributed by atoms with E-state index in [9.17, 15) is 14.7 Å². The first-order valence-electron chi connectivity index (χ1n) is 13.1. The molecule has 4 rings (SSSR count). The van der Waals surface area contributed by atoms with Gasteiger partial charge in [-0.2, -0.15) is 0 Å². The minimum absolute atomic E-state index is 0.0525. The maximum atomic E-state index is 14.4. The Kier molecular flexibility index (Phi) is 6.70. The second-order valence-corrected chi connectivity index (χ2v) is 12.5. The zero-order valence-corrected chi connectivity index (χ0v) is 23.1. The zero-order chi connectivity index (χ0) is 26.9. The SMILES string of the molecule is C=C[C@@]1(C)CC(=O)[C@@]23OC(N(C)C)O[C@H]4CCC(C)(C)[C@H]([C@H](OC(=O)NCCC)[C@H](O)[C@@]2(C)O1)[C@]43C. The van der Waals surface area contributed by atoms with E-state index in [-0.39, 0.29) is 18.3 Å². The van der Waals surface area contributed by atoms with Crippen molar-refractivity contribution < 1.29 is 33.6 Å². The minimum Gasteiger partial charge on any atom is -0.443 e. The Bertz CT molecular complexity index is 924. The zero-order valence-electron chi connectivity index (χ0n) is 23.1. The normalized spacial score (nSPS) is 47.5. The molecular weight excluding hydrogens is 464 g/mol. The van der Waals surface area contributed by atoms with Crippen molar-refractivity contribution in [2.24, 2.45) is 16.7 Å². The molecule has 1 unspecified atom stereocenters. The molecular formula is C27H44N2O7. The van der Waals surface area contributed by atoms with Gasteiger partial charge in [0, 0.05) is 24.3 Å². The molecule has 0 bridgehead atoms. The number of carbonyl (C=O) groups excluding carboxylic acids is 2. The summed E-state index contributed by atoms with van der Waals surface area (Å²) in [6, 6.07) is 0. The van der Waals surface area contributed by atoms with Crippen molar-refractivity contribution in [2.45, 2.75) is 109 Å². The van der Waals surface area contributed by atoms with E-state index in [1.54, 1.807) is 24.8 Å². The van der Waals surface area contributed by atoms with Crippen LogP contribution >= 0.6 is 0 Å². The highest BCUT2D eigenvalue weighted by Gasteiger charge is 2.84. The van der Waals surface area contributed by atoms with Crippen molar-refractivity contribution in [1.29, 1.82) is 0 Å². The number of Topliss-reactive ketones (excluding diaryl/α,β-unsaturated/α-hetero) is 1. The summed E-state index contributed by atoms with van der Waals surface area (Å²) in [6.07, 6.45) is -0.212. The monoisotopic (exact) mass is 508 g/mol. The molecule has 2 saturated carbocycles. The maximum absolute atomic E-state index is 14.4. The lowest BCUT2D eigenvalue weighted by Crippen LogP contribution is -2.89. The first-order valence-corrected chi connectivity index (χ1v) is 13.1. The van der Waals surface area contributed by atoms with Gasteiger partial charge >= 0.3 is 6.09 Å². The molecule has 0 aromatic carbocycles. The lowest BCUT2D eigenvalue weighted by atomic mass is 9.39. The van der Waals surface area contributed by atoms with Crippen LogP contribution in [-0.2, 0) is 23.7 Å². The number of ketones is 1. The molecule has 9 heteroatoms. The summed E-state index contributed by atoms with van der Waals surface area (Å²) in [4.78, 5) is 29.1. The van der Waals surface area contributed by atoms with Gasteiger partial charge in [0.25, 0.3) is 0 Å².